The summed E-state index contributed by atoms with van der Waals surface area (Å²) in [7, 11) is 1.64. The SMILES string of the molecule is COc1ccc(CNC2CCC(SC)C2)cc1Cl. The Morgan fingerprint density at radius 3 is 2.89 bits per heavy atom. The predicted octanol–water partition coefficient (Wildman–Crippen LogP) is 3.72. The monoisotopic (exact) mass is 285 g/mol. The average Bonchev–Trinajstić information content (AvgIpc) is 2.84. The number of hydrogen-bond acceptors (Lipinski definition) is 3. The molecule has 2 rings (SSSR count). The fraction of sp³-hybridized carbons (Fsp3) is 0.571. The summed E-state index contributed by atoms with van der Waals surface area (Å²) in [5.41, 5.74) is 1.22. The first-order chi connectivity index (χ1) is 8.72. The number of ether oxygens (including phenoxy) is 1. The first kappa shape index (κ1) is 14.0. The van der Waals surface area contributed by atoms with Crippen LogP contribution in [-0.2, 0) is 6.54 Å². The molecule has 2 nitrogen and oxygen atoms in total. The molecule has 4 heteroatoms. The molecule has 1 aromatic carbocycles. The van der Waals surface area contributed by atoms with Crippen molar-refractivity contribution in [1.29, 1.82) is 0 Å². The van der Waals surface area contributed by atoms with E-state index >= 15 is 0 Å². The first-order valence-electron chi connectivity index (χ1n) is 6.31. The van der Waals surface area contributed by atoms with E-state index in [9.17, 15) is 0 Å². The third kappa shape index (κ3) is 3.56. The molecule has 1 fully saturated rings. The van der Waals surface area contributed by atoms with Crippen LogP contribution in [0.1, 0.15) is 24.8 Å². The Morgan fingerprint density at radius 1 is 1.44 bits per heavy atom. The number of nitrogens with one attached hydrogen (secondary N) is 1. The van der Waals surface area contributed by atoms with Gasteiger partial charge in [-0.2, -0.15) is 11.8 Å². The summed E-state index contributed by atoms with van der Waals surface area (Å²) >= 11 is 8.10. The van der Waals surface area contributed by atoms with E-state index in [1.807, 2.05) is 23.9 Å². The van der Waals surface area contributed by atoms with Gasteiger partial charge in [-0.1, -0.05) is 17.7 Å². The van der Waals surface area contributed by atoms with Crippen molar-refractivity contribution in [3.8, 4) is 5.75 Å². The largest absolute Gasteiger partial charge is 0.495 e. The smallest absolute Gasteiger partial charge is 0.137 e. The van der Waals surface area contributed by atoms with Crippen LogP contribution in [0.5, 0.6) is 5.75 Å². The van der Waals surface area contributed by atoms with Crippen LogP contribution in [0, 0.1) is 0 Å². The number of benzene rings is 1. The topological polar surface area (TPSA) is 21.3 Å². The average molecular weight is 286 g/mol. The Labute approximate surface area is 118 Å². The quantitative estimate of drug-likeness (QED) is 0.891. The lowest BCUT2D eigenvalue weighted by molar-refractivity contribution is 0.414. The molecular weight excluding hydrogens is 266 g/mol. The molecule has 18 heavy (non-hydrogen) atoms. The predicted molar refractivity (Wildman–Crippen MR) is 79.8 cm³/mol. The van der Waals surface area contributed by atoms with E-state index in [1.165, 1.54) is 24.8 Å². The molecule has 2 unspecified atom stereocenters. The van der Waals surface area contributed by atoms with Crippen LogP contribution in [0.2, 0.25) is 5.02 Å². The van der Waals surface area contributed by atoms with E-state index in [1.54, 1.807) is 7.11 Å². The van der Waals surface area contributed by atoms with Gasteiger partial charge < -0.3 is 10.1 Å². The molecule has 0 aliphatic heterocycles. The molecule has 100 valence electrons. The van der Waals surface area contributed by atoms with Crippen molar-refractivity contribution in [1.82, 2.24) is 5.32 Å². The van der Waals surface area contributed by atoms with Crippen molar-refractivity contribution in [3.63, 3.8) is 0 Å². The molecule has 1 aliphatic rings. The molecule has 0 spiro atoms. The summed E-state index contributed by atoms with van der Waals surface area (Å²) in [6.07, 6.45) is 6.11. The Hall–Kier alpha value is -0.380. The van der Waals surface area contributed by atoms with Crippen molar-refractivity contribution < 1.29 is 4.74 Å². The minimum absolute atomic E-state index is 0.656. The number of methoxy groups -OCH3 is 1. The molecule has 1 aliphatic carbocycles. The lowest BCUT2D eigenvalue weighted by atomic mass is 10.2. The van der Waals surface area contributed by atoms with E-state index in [4.69, 9.17) is 16.3 Å². The zero-order valence-electron chi connectivity index (χ0n) is 10.9. The second kappa shape index (κ2) is 6.69. The zero-order valence-corrected chi connectivity index (χ0v) is 12.5. The Balaban J connectivity index is 1.85. The molecule has 0 saturated heterocycles. The third-order valence-electron chi connectivity index (χ3n) is 3.53. The van der Waals surface area contributed by atoms with E-state index in [0.29, 0.717) is 11.1 Å². The second-order valence-electron chi connectivity index (χ2n) is 4.72. The highest BCUT2D eigenvalue weighted by Crippen LogP contribution is 2.29. The number of hydrogen-bond donors (Lipinski definition) is 1. The maximum Gasteiger partial charge on any atom is 0.137 e. The number of thioether (sulfide) groups is 1. The lowest BCUT2D eigenvalue weighted by Crippen LogP contribution is -2.26. The standard InChI is InChI=1S/C14H20ClNOS/c1-17-14-6-3-10(7-13(14)15)9-16-11-4-5-12(8-11)18-2/h3,6-7,11-12,16H,4-5,8-9H2,1-2H3. The van der Waals surface area contributed by atoms with Crippen LogP contribution >= 0.6 is 23.4 Å². The molecule has 1 N–H and O–H groups in total. The molecule has 0 bridgehead atoms. The number of rotatable bonds is 5. The summed E-state index contributed by atoms with van der Waals surface area (Å²) in [5.74, 6) is 0.740. The highest BCUT2D eigenvalue weighted by molar-refractivity contribution is 7.99. The number of halogens is 1. The van der Waals surface area contributed by atoms with Crippen LogP contribution in [0.3, 0.4) is 0 Å². The van der Waals surface area contributed by atoms with Gasteiger partial charge in [0, 0.05) is 17.8 Å². The van der Waals surface area contributed by atoms with Crippen molar-refractivity contribution in [2.45, 2.75) is 37.1 Å². The van der Waals surface area contributed by atoms with Gasteiger partial charge >= 0.3 is 0 Å². The first-order valence-corrected chi connectivity index (χ1v) is 7.98. The van der Waals surface area contributed by atoms with Crippen molar-refractivity contribution in [3.05, 3.63) is 28.8 Å². The summed E-state index contributed by atoms with van der Waals surface area (Å²) in [4.78, 5) is 0. The minimum atomic E-state index is 0.656. The summed E-state index contributed by atoms with van der Waals surface area (Å²) in [6.45, 7) is 0.884. The van der Waals surface area contributed by atoms with Gasteiger partial charge in [-0.05, 0) is 43.2 Å². The molecular formula is C14H20ClNOS. The van der Waals surface area contributed by atoms with Crippen LogP contribution < -0.4 is 10.1 Å². The minimum Gasteiger partial charge on any atom is -0.495 e. The maximum absolute atomic E-state index is 6.11. The van der Waals surface area contributed by atoms with Gasteiger partial charge in [0.15, 0.2) is 0 Å². The summed E-state index contributed by atoms with van der Waals surface area (Å²) < 4.78 is 5.15. The summed E-state index contributed by atoms with van der Waals surface area (Å²) in [5, 5.41) is 5.13. The van der Waals surface area contributed by atoms with Gasteiger partial charge in [0.25, 0.3) is 0 Å². The molecule has 1 saturated carbocycles. The Morgan fingerprint density at radius 2 is 2.28 bits per heavy atom. The van der Waals surface area contributed by atoms with Gasteiger partial charge in [0.2, 0.25) is 0 Å². The van der Waals surface area contributed by atoms with Crippen molar-refractivity contribution in [2.24, 2.45) is 0 Å². The molecule has 0 radical (unpaired) electrons. The highest BCUT2D eigenvalue weighted by atomic mass is 35.5. The van der Waals surface area contributed by atoms with Gasteiger partial charge in [0.05, 0.1) is 12.1 Å². The Kier molecular flexibility index (Phi) is 5.22. The lowest BCUT2D eigenvalue weighted by Gasteiger charge is -2.13. The van der Waals surface area contributed by atoms with Crippen molar-refractivity contribution >= 4 is 23.4 Å². The highest BCUT2D eigenvalue weighted by Gasteiger charge is 2.23. The maximum atomic E-state index is 6.11. The fourth-order valence-corrected chi connectivity index (χ4v) is 3.50. The van der Waals surface area contributed by atoms with Gasteiger partial charge in [-0.25, -0.2) is 0 Å². The van der Waals surface area contributed by atoms with Crippen LogP contribution in [0.25, 0.3) is 0 Å². The normalized spacial score (nSPS) is 23.3. The molecule has 0 amide bonds. The van der Waals surface area contributed by atoms with Gasteiger partial charge in [-0.3, -0.25) is 0 Å². The van der Waals surface area contributed by atoms with E-state index in [0.717, 1.165) is 17.5 Å². The molecule has 0 heterocycles. The second-order valence-corrected chi connectivity index (χ2v) is 6.26. The van der Waals surface area contributed by atoms with Crippen LogP contribution in [0.15, 0.2) is 18.2 Å². The van der Waals surface area contributed by atoms with Crippen molar-refractivity contribution in [2.75, 3.05) is 13.4 Å². The van der Waals surface area contributed by atoms with E-state index in [2.05, 4.69) is 17.6 Å². The van der Waals surface area contributed by atoms with E-state index in [-0.39, 0.29) is 0 Å². The van der Waals surface area contributed by atoms with E-state index < -0.39 is 0 Å². The third-order valence-corrected chi connectivity index (χ3v) is 4.92. The summed E-state index contributed by atoms with van der Waals surface area (Å²) in [6, 6.07) is 6.63. The van der Waals surface area contributed by atoms with Crippen LogP contribution in [0.4, 0.5) is 0 Å². The fourth-order valence-electron chi connectivity index (χ4n) is 2.42. The Bertz CT molecular complexity index is 399. The zero-order chi connectivity index (χ0) is 13.0. The molecule has 1 aromatic rings. The molecule has 0 aromatic heterocycles. The van der Waals surface area contributed by atoms with Gasteiger partial charge in [0.1, 0.15) is 5.75 Å². The van der Waals surface area contributed by atoms with Crippen LogP contribution in [-0.4, -0.2) is 24.7 Å². The van der Waals surface area contributed by atoms with Gasteiger partial charge in [-0.15, -0.1) is 0 Å². The molecule has 2 atom stereocenters.